The van der Waals surface area contributed by atoms with Crippen molar-refractivity contribution in [1.29, 1.82) is 0 Å². The Bertz CT molecular complexity index is 801. The molecule has 1 aromatic carbocycles. The monoisotopic (exact) mass is 436 g/mol. The molecule has 2 atom stereocenters. The fourth-order valence-electron chi connectivity index (χ4n) is 3.21. The second-order valence-electron chi connectivity index (χ2n) is 7.83. The van der Waals surface area contributed by atoms with Crippen LogP contribution in [0.5, 0.6) is 5.75 Å². The van der Waals surface area contributed by atoms with Gasteiger partial charge in [-0.2, -0.15) is 0 Å². The van der Waals surface area contributed by atoms with Crippen molar-refractivity contribution in [3.63, 3.8) is 0 Å². The third-order valence-corrected chi connectivity index (χ3v) is 4.60. The standard InChI is InChI=1S/C23H32O8/c1-15(13-28-16(2)24)8-7-11-23(6,31-19(5)27)21-10-9-20(14-29-17(3)25)12-22(21)30-18(4)26/h9-10,12,15H,7-8,11,13-14H2,1-6H3. The fraction of sp³-hybridized carbons (Fsp3) is 0.565. The zero-order valence-electron chi connectivity index (χ0n) is 19.1. The van der Waals surface area contributed by atoms with E-state index in [0.717, 1.165) is 6.42 Å². The maximum absolute atomic E-state index is 11.8. The van der Waals surface area contributed by atoms with Crippen LogP contribution in [0.3, 0.4) is 0 Å². The lowest BCUT2D eigenvalue weighted by atomic mass is 9.87. The van der Waals surface area contributed by atoms with Crippen molar-refractivity contribution in [3.8, 4) is 5.75 Å². The van der Waals surface area contributed by atoms with Crippen molar-refractivity contribution in [1.82, 2.24) is 0 Å². The Hall–Kier alpha value is -2.90. The first-order chi connectivity index (χ1) is 14.4. The molecule has 31 heavy (non-hydrogen) atoms. The van der Waals surface area contributed by atoms with Crippen LogP contribution in [0.15, 0.2) is 18.2 Å². The normalized spacial score (nSPS) is 13.5. The highest BCUT2D eigenvalue weighted by Gasteiger charge is 2.33. The average Bonchev–Trinajstić information content (AvgIpc) is 2.63. The van der Waals surface area contributed by atoms with Gasteiger partial charge in [-0.15, -0.1) is 0 Å². The van der Waals surface area contributed by atoms with Crippen LogP contribution in [-0.4, -0.2) is 30.5 Å². The molecule has 0 aliphatic carbocycles. The number of rotatable bonds is 11. The van der Waals surface area contributed by atoms with Gasteiger partial charge in [0.2, 0.25) is 0 Å². The second-order valence-corrected chi connectivity index (χ2v) is 7.83. The summed E-state index contributed by atoms with van der Waals surface area (Å²) in [5.41, 5.74) is 0.130. The van der Waals surface area contributed by atoms with E-state index in [1.54, 1.807) is 25.1 Å². The van der Waals surface area contributed by atoms with Crippen LogP contribution in [0, 0.1) is 5.92 Å². The van der Waals surface area contributed by atoms with E-state index < -0.39 is 23.5 Å². The van der Waals surface area contributed by atoms with Gasteiger partial charge in [0, 0.05) is 33.3 Å². The van der Waals surface area contributed by atoms with Crippen LogP contribution in [-0.2, 0) is 45.6 Å². The van der Waals surface area contributed by atoms with E-state index in [1.165, 1.54) is 27.7 Å². The summed E-state index contributed by atoms with van der Waals surface area (Å²) < 4.78 is 21.1. The lowest BCUT2D eigenvalue weighted by molar-refractivity contribution is -0.157. The minimum atomic E-state index is -1.04. The van der Waals surface area contributed by atoms with Gasteiger partial charge in [0.25, 0.3) is 0 Å². The molecule has 0 saturated heterocycles. The van der Waals surface area contributed by atoms with Gasteiger partial charge in [0.1, 0.15) is 18.0 Å². The molecule has 0 aliphatic heterocycles. The van der Waals surface area contributed by atoms with Crippen molar-refractivity contribution in [2.75, 3.05) is 6.61 Å². The fourth-order valence-corrected chi connectivity index (χ4v) is 3.21. The molecular formula is C23H32O8. The topological polar surface area (TPSA) is 105 Å². The smallest absolute Gasteiger partial charge is 0.308 e. The Morgan fingerprint density at radius 2 is 1.58 bits per heavy atom. The summed E-state index contributed by atoms with van der Waals surface area (Å²) in [5.74, 6) is -1.35. The van der Waals surface area contributed by atoms with Crippen LogP contribution >= 0.6 is 0 Å². The summed E-state index contributed by atoms with van der Waals surface area (Å²) in [6.07, 6.45) is 1.90. The molecule has 0 bridgehead atoms. The highest BCUT2D eigenvalue weighted by Crippen LogP contribution is 2.38. The summed E-state index contributed by atoms with van der Waals surface area (Å²) in [6, 6.07) is 5.05. The first kappa shape index (κ1) is 26.1. The van der Waals surface area contributed by atoms with E-state index in [1.807, 2.05) is 6.92 Å². The van der Waals surface area contributed by atoms with Gasteiger partial charge in [-0.05, 0) is 43.7 Å². The quantitative estimate of drug-likeness (QED) is 0.293. The second kappa shape index (κ2) is 12.1. The highest BCUT2D eigenvalue weighted by atomic mass is 16.6. The number of ether oxygens (including phenoxy) is 4. The summed E-state index contributed by atoms with van der Waals surface area (Å²) >= 11 is 0. The van der Waals surface area contributed by atoms with E-state index in [-0.39, 0.29) is 24.2 Å². The van der Waals surface area contributed by atoms with E-state index in [9.17, 15) is 19.2 Å². The third kappa shape index (κ3) is 9.63. The van der Waals surface area contributed by atoms with E-state index >= 15 is 0 Å². The first-order valence-corrected chi connectivity index (χ1v) is 10.2. The first-order valence-electron chi connectivity index (χ1n) is 10.2. The third-order valence-electron chi connectivity index (χ3n) is 4.60. The van der Waals surface area contributed by atoms with Gasteiger partial charge >= 0.3 is 23.9 Å². The van der Waals surface area contributed by atoms with Crippen LogP contribution in [0.1, 0.15) is 71.9 Å². The van der Waals surface area contributed by atoms with Crippen LogP contribution in [0.4, 0.5) is 0 Å². The summed E-state index contributed by atoms with van der Waals surface area (Å²) in [7, 11) is 0. The zero-order valence-corrected chi connectivity index (χ0v) is 19.1. The molecule has 0 radical (unpaired) electrons. The van der Waals surface area contributed by atoms with E-state index in [2.05, 4.69) is 0 Å². The van der Waals surface area contributed by atoms with Crippen molar-refractivity contribution in [2.24, 2.45) is 5.92 Å². The Labute approximate surface area is 183 Å². The lowest BCUT2D eigenvalue weighted by Crippen LogP contribution is -2.29. The molecule has 8 heteroatoms. The molecule has 0 spiro atoms. The lowest BCUT2D eigenvalue weighted by Gasteiger charge is -2.31. The van der Waals surface area contributed by atoms with Gasteiger partial charge in [0.15, 0.2) is 0 Å². The molecule has 2 unspecified atom stereocenters. The van der Waals surface area contributed by atoms with Gasteiger partial charge in [-0.3, -0.25) is 19.2 Å². The minimum absolute atomic E-state index is 0.0296. The number of esters is 4. The van der Waals surface area contributed by atoms with E-state index in [4.69, 9.17) is 18.9 Å². The molecule has 1 aromatic rings. The minimum Gasteiger partial charge on any atom is -0.466 e. The van der Waals surface area contributed by atoms with Crippen molar-refractivity contribution < 1.29 is 38.1 Å². The Morgan fingerprint density at radius 3 is 2.13 bits per heavy atom. The molecule has 0 saturated carbocycles. The summed E-state index contributed by atoms with van der Waals surface area (Å²) in [5, 5.41) is 0. The molecular weight excluding hydrogens is 404 g/mol. The Balaban J connectivity index is 3.10. The maximum Gasteiger partial charge on any atom is 0.308 e. The molecule has 0 aromatic heterocycles. The molecule has 0 heterocycles. The van der Waals surface area contributed by atoms with Crippen molar-refractivity contribution in [2.45, 2.75) is 73.0 Å². The molecule has 0 fully saturated rings. The maximum atomic E-state index is 11.8. The van der Waals surface area contributed by atoms with Crippen molar-refractivity contribution >= 4 is 23.9 Å². The largest absolute Gasteiger partial charge is 0.466 e. The zero-order chi connectivity index (χ0) is 23.6. The molecule has 172 valence electrons. The predicted molar refractivity (Wildman–Crippen MR) is 112 cm³/mol. The average molecular weight is 437 g/mol. The predicted octanol–water partition coefficient (Wildman–Crippen LogP) is 3.82. The van der Waals surface area contributed by atoms with Gasteiger partial charge in [-0.25, -0.2) is 0 Å². The molecule has 0 N–H and O–H groups in total. The van der Waals surface area contributed by atoms with Gasteiger partial charge < -0.3 is 18.9 Å². The summed E-state index contributed by atoms with van der Waals surface area (Å²) in [6.45, 7) is 9.36. The number of hydrogen-bond donors (Lipinski definition) is 0. The van der Waals surface area contributed by atoms with Gasteiger partial charge in [-0.1, -0.05) is 19.1 Å². The number of benzene rings is 1. The SMILES string of the molecule is CC(=O)OCc1ccc(C(C)(CCCC(C)COC(C)=O)OC(C)=O)c(OC(C)=O)c1. The number of carbonyl (C=O) groups is 4. The highest BCUT2D eigenvalue weighted by molar-refractivity contribution is 5.71. The molecule has 0 amide bonds. The molecule has 0 aliphatic rings. The van der Waals surface area contributed by atoms with Crippen LogP contribution in [0.2, 0.25) is 0 Å². The Kier molecular flexibility index (Phi) is 10.2. The molecule has 1 rings (SSSR count). The van der Waals surface area contributed by atoms with Crippen LogP contribution < -0.4 is 4.74 Å². The Morgan fingerprint density at radius 1 is 0.935 bits per heavy atom. The molecule has 8 nitrogen and oxygen atoms in total. The van der Waals surface area contributed by atoms with Gasteiger partial charge in [0.05, 0.1) is 6.61 Å². The number of carbonyl (C=O) groups excluding carboxylic acids is 4. The number of hydrogen-bond acceptors (Lipinski definition) is 8. The van der Waals surface area contributed by atoms with Crippen molar-refractivity contribution in [3.05, 3.63) is 29.3 Å². The van der Waals surface area contributed by atoms with Crippen LogP contribution in [0.25, 0.3) is 0 Å². The van der Waals surface area contributed by atoms with E-state index in [0.29, 0.717) is 30.6 Å². The summed E-state index contributed by atoms with van der Waals surface area (Å²) in [4.78, 5) is 45.6.